The van der Waals surface area contributed by atoms with E-state index >= 15 is 0 Å². The molecule has 9 heteroatoms. The average Bonchev–Trinajstić information content (AvgIpc) is 2.87. The van der Waals surface area contributed by atoms with E-state index in [0.29, 0.717) is 18.9 Å². The third kappa shape index (κ3) is 3.50. The first-order valence-corrected chi connectivity index (χ1v) is 7.64. The molecule has 2 aromatic rings. The van der Waals surface area contributed by atoms with Gasteiger partial charge < -0.3 is 9.42 Å². The Bertz CT molecular complexity index is 671. The van der Waals surface area contributed by atoms with Crippen LogP contribution in [-0.2, 0) is 12.7 Å². The third-order valence-electron chi connectivity index (χ3n) is 4.20. The molecule has 6 nitrogen and oxygen atoms in total. The minimum Gasteiger partial charge on any atom is -0.361 e. The van der Waals surface area contributed by atoms with Crippen LogP contribution in [0.2, 0.25) is 0 Å². The highest BCUT2D eigenvalue weighted by molar-refractivity contribution is 5.38. The van der Waals surface area contributed by atoms with E-state index in [2.05, 4.69) is 20.3 Å². The summed E-state index contributed by atoms with van der Waals surface area (Å²) in [4.78, 5) is 4.21. The van der Waals surface area contributed by atoms with Gasteiger partial charge in [-0.2, -0.15) is 13.2 Å². The minimum absolute atomic E-state index is 0.472. The van der Waals surface area contributed by atoms with E-state index in [-0.39, 0.29) is 0 Å². The van der Waals surface area contributed by atoms with Crippen LogP contribution in [0, 0.1) is 13.8 Å². The van der Waals surface area contributed by atoms with Crippen LogP contribution >= 0.6 is 0 Å². The van der Waals surface area contributed by atoms with E-state index in [1.807, 2.05) is 18.7 Å². The number of halogens is 3. The number of hydrogen-bond donors (Lipinski definition) is 0. The number of piperazine rings is 1. The van der Waals surface area contributed by atoms with Crippen LogP contribution in [0.5, 0.6) is 0 Å². The molecule has 3 rings (SSSR count). The van der Waals surface area contributed by atoms with Gasteiger partial charge in [0.05, 0.1) is 5.69 Å². The van der Waals surface area contributed by atoms with Crippen LogP contribution in [0.4, 0.5) is 19.0 Å². The van der Waals surface area contributed by atoms with Crippen molar-refractivity contribution in [3.8, 4) is 0 Å². The highest BCUT2D eigenvalue weighted by Gasteiger charge is 2.33. The van der Waals surface area contributed by atoms with E-state index in [9.17, 15) is 13.2 Å². The minimum atomic E-state index is -4.46. The molecule has 0 amide bonds. The molecule has 0 saturated carbocycles. The van der Waals surface area contributed by atoms with Crippen molar-refractivity contribution in [1.29, 1.82) is 0 Å². The van der Waals surface area contributed by atoms with Crippen LogP contribution in [0.15, 0.2) is 16.7 Å². The van der Waals surface area contributed by atoms with Crippen molar-refractivity contribution >= 4 is 5.82 Å². The fourth-order valence-corrected chi connectivity index (χ4v) is 2.73. The molecular weight excluding hydrogens is 323 g/mol. The fourth-order valence-electron chi connectivity index (χ4n) is 2.73. The quantitative estimate of drug-likeness (QED) is 0.855. The van der Waals surface area contributed by atoms with E-state index in [1.54, 1.807) is 0 Å². The van der Waals surface area contributed by atoms with Crippen molar-refractivity contribution < 1.29 is 17.7 Å². The molecule has 130 valence electrons. The van der Waals surface area contributed by atoms with Gasteiger partial charge in [-0.25, -0.2) is 0 Å². The second kappa shape index (κ2) is 6.39. The summed E-state index contributed by atoms with van der Waals surface area (Å²) in [6.45, 7) is 7.50. The molecule has 0 atom stereocenters. The normalized spacial score (nSPS) is 16.6. The monoisotopic (exact) mass is 341 g/mol. The summed E-state index contributed by atoms with van der Waals surface area (Å²) in [5.41, 5.74) is 1.02. The lowest BCUT2D eigenvalue weighted by molar-refractivity contribution is -0.141. The Morgan fingerprint density at radius 2 is 1.79 bits per heavy atom. The molecule has 0 radical (unpaired) electrons. The van der Waals surface area contributed by atoms with E-state index in [1.165, 1.54) is 6.07 Å². The number of aryl methyl sites for hydroxylation is 2. The first kappa shape index (κ1) is 16.7. The zero-order chi connectivity index (χ0) is 17.3. The maximum Gasteiger partial charge on any atom is 0.435 e. The maximum atomic E-state index is 12.5. The van der Waals surface area contributed by atoms with Gasteiger partial charge in [0.1, 0.15) is 5.76 Å². The largest absolute Gasteiger partial charge is 0.435 e. The van der Waals surface area contributed by atoms with Gasteiger partial charge in [0, 0.05) is 38.3 Å². The highest BCUT2D eigenvalue weighted by Crippen LogP contribution is 2.27. The van der Waals surface area contributed by atoms with Crippen molar-refractivity contribution in [1.82, 2.24) is 20.3 Å². The molecule has 0 aliphatic carbocycles. The summed E-state index contributed by atoms with van der Waals surface area (Å²) < 4.78 is 42.7. The zero-order valence-corrected chi connectivity index (χ0v) is 13.5. The van der Waals surface area contributed by atoms with Crippen molar-refractivity contribution in [3.63, 3.8) is 0 Å². The lowest BCUT2D eigenvalue weighted by Gasteiger charge is -2.35. The van der Waals surface area contributed by atoms with Crippen molar-refractivity contribution in [2.75, 3.05) is 31.1 Å². The Hall–Kier alpha value is -2.16. The Morgan fingerprint density at radius 3 is 2.29 bits per heavy atom. The number of aromatic nitrogens is 3. The van der Waals surface area contributed by atoms with Crippen LogP contribution in [0.25, 0.3) is 0 Å². The standard InChI is InChI=1S/C15H18F3N5O/c1-10-12(11(2)24-21-10)9-22-5-7-23(8-6-22)14-4-3-13(19-20-14)15(16,17)18/h3-4H,5-9H2,1-2H3. The molecule has 2 aromatic heterocycles. The number of hydrogen-bond acceptors (Lipinski definition) is 6. The van der Waals surface area contributed by atoms with Gasteiger partial charge in [-0.1, -0.05) is 5.16 Å². The molecule has 1 fully saturated rings. The predicted octanol–water partition coefficient (Wildman–Crippen LogP) is 2.42. The van der Waals surface area contributed by atoms with Crippen molar-refractivity contribution in [2.24, 2.45) is 0 Å². The maximum absolute atomic E-state index is 12.5. The Kier molecular flexibility index (Phi) is 4.44. The van der Waals surface area contributed by atoms with Gasteiger partial charge in [-0.05, 0) is 26.0 Å². The summed E-state index contributed by atoms with van der Waals surface area (Å²) in [7, 11) is 0. The second-order valence-corrected chi connectivity index (χ2v) is 5.84. The van der Waals surface area contributed by atoms with Gasteiger partial charge >= 0.3 is 6.18 Å². The second-order valence-electron chi connectivity index (χ2n) is 5.84. The number of nitrogens with zero attached hydrogens (tertiary/aromatic N) is 5. The first-order valence-electron chi connectivity index (χ1n) is 7.64. The Morgan fingerprint density at radius 1 is 1.08 bits per heavy atom. The van der Waals surface area contributed by atoms with Crippen LogP contribution in [0.3, 0.4) is 0 Å². The molecule has 0 unspecified atom stereocenters. The molecule has 1 aliphatic heterocycles. The summed E-state index contributed by atoms with van der Waals surface area (Å²) in [5, 5.41) is 10.9. The first-order chi connectivity index (χ1) is 11.3. The third-order valence-corrected chi connectivity index (χ3v) is 4.20. The topological polar surface area (TPSA) is 58.3 Å². The molecular formula is C15H18F3N5O. The van der Waals surface area contributed by atoms with Crippen LogP contribution in [-0.4, -0.2) is 46.4 Å². The summed E-state index contributed by atoms with van der Waals surface area (Å²) in [6.07, 6.45) is -4.46. The smallest absolute Gasteiger partial charge is 0.361 e. The van der Waals surface area contributed by atoms with Crippen molar-refractivity contribution in [3.05, 3.63) is 34.8 Å². The Balaban J connectivity index is 1.59. The summed E-state index contributed by atoms with van der Waals surface area (Å²) in [6, 6.07) is 2.35. The van der Waals surface area contributed by atoms with Gasteiger partial charge in [-0.3, -0.25) is 4.90 Å². The highest BCUT2D eigenvalue weighted by atomic mass is 19.4. The van der Waals surface area contributed by atoms with Gasteiger partial charge in [-0.15, -0.1) is 10.2 Å². The van der Waals surface area contributed by atoms with Crippen molar-refractivity contribution in [2.45, 2.75) is 26.6 Å². The molecule has 0 N–H and O–H groups in total. The molecule has 24 heavy (non-hydrogen) atoms. The molecule has 1 saturated heterocycles. The zero-order valence-electron chi connectivity index (χ0n) is 13.5. The van der Waals surface area contributed by atoms with E-state index in [4.69, 9.17) is 4.52 Å². The van der Waals surface area contributed by atoms with Crippen LogP contribution < -0.4 is 4.90 Å². The molecule has 0 spiro atoms. The van der Waals surface area contributed by atoms with E-state index in [0.717, 1.165) is 42.7 Å². The van der Waals surface area contributed by atoms with Gasteiger partial charge in [0.2, 0.25) is 0 Å². The summed E-state index contributed by atoms with van der Waals surface area (Å²) in [5.74, 6) is 1.29. The molecule has 1 aliphatic rings. The molecule has 3 heterocycles. The van der Waals surface area contributed by atoms with Gasteiger partial charge in [0.25, 0.3) is 0 Å². The predicted molar refractivity (Wildman–Crippen MR) is 80.5 cm³/mol. The SMILES string of the molecule is Cc1noc(C)c1CN1CCN(c2ccc(C(F)(F)F)nn2)CC1. The average molecular weight is 341 g/mol. The van der Waals surface area contributed by atoms with E-state index < -0.39 is 11.9 Å². The molecule has 0 bridgehead atoms. The number of anilines is 1. The summed E-state index contributed by atoms with van der Waals surface area (Å²) >= 11 is 0. The Labute approximate surface area is 137 Å². The van der Waals surface area contributed by atoms with Crippen LogP contribution in [0.1, 0.15) is 22.7 Å². The lowest BCUT2D eigenvalue weighted by atomic mass is 10.2. The lowest BCUT2D eigenvalue weighted by Crippen LogP contribution is -2.46. The fraction of sp³-hybridized carbons (Fsp3) is 0.533. The van der Waals surface area contributed by atoms with Gasteiger partial charge in [0.15, 0.2) is 11.5 Å². The number of alkyl halides is 3. The number of rotatable bonds is 3. The molecule has 0 aromatic carbocycles.